The number of benzene rings is 2. The molecule has 1 unspecified atom stereocenters. The Balaban J connectivity index is 2.45. The average Bonchev–Trinajstić information content (AvgIpc) is 2.62. The lowest BCUT2D eigenvalue weighted by atomic mass is 10.1. The van der Waals surface area contributed by atoms with E-state index in [9.17, 15) is 15.3 Å². The van der Waals surface area contributed by atoms with Crippen molar-refractivity contribution in [3.05, 3.63) is 48.5 Å². The van der Waals surface area contributed by atoms with Crippen molar-refractivity contribution in [1.29, 1.82) is 0 Å². The van der Waals surface area contributed by atoms with Crippen molar-refractivity contribution >= 4 is 22.7 Å². The van der Waals surface area contributed by atoms with Crippen LogP contribution in [-0.2, 0) is 0 Å². The van der Waals surface area contributed by atoms with Crippen LogP contribution in [0.3, 0.4) is 0 Å². The number of hydrogen-bond acceptors (Lipinski definition) is 7. The van der Waals surface area contributed by atoms with Gasteiger partial charge in [-0.3, -0.25) is 0 Å². The summed E-state index contributed by atoms with van der Waals surface area (Å²) in [6.45, 7) is 2.16. The third-order valence-corrected chi connectivity index (χ3v) is 4.20. The highest BCUT2D eigenvalue weighted by molar-refractivity contribution is 5.59. The van der Waals surface area contributed by atoms with Gasteiger partial charge >= 0.3 is 0 Å². The lowest BCUT2D eigenvalue weighted by Crippen LogP contribution is -2.56. The second kappa shape index (κ2) is 9.28. The third-order valence-electron chi connectivity index (χ3n) is 4.20. The Kier molecular flexibility index (Phi) is 7.08. The monoisotopic (exact) mass is 360 g/mol. The summed E-state index contributed by atoms with van der Waals surface area (Å²) in [6, 6.07) is 14.5. The number of hydrogen-bond donors (Lipinski definition) is 5. The molecule has 0 aromatic heterocycles. The normalized spacial score (nSPS) is 12.2. The highest BCUT2D eigenvalue weighted by atomic mass is 16.3. The molecule has 142 valence electrons. The minimum atomic E-state index is -0.761. The maximum atomic E-state index is 10.5. The van der Waals surface area contributed by atoms with Crippen molar-refractivity contribution < 1.29 is 15.3 Å². The molecule has 7 heteroatoms. The molecule has 2 rings (SSSR count). The van der Waals surface area contributed by atoms with Crippen molar-refractivity contribution in [2.75, 3.05) is 47.6 Å². The van der Waals surface area contributed by atoms with Gasteiger partial charge in [-0.2, -0.15) is 0 Å². The average molecular weight is 360 g/mol. The van der Waals surface area contributed by atoms with Gasteiger partial charge in [0.25, 0.3) is 0 Å². The van der Waals surface area contributed by atoms with Crippen LogP contribution in [0.4, 0.5) is 22.7 Å². The molecule has 7 nitrogen and oxygen atoms in total. The van der Waals surface area contributed by atoms with Gasteiger partial charge in [0.1, 0.15) is 6.17 Å². The Hall–Kier alpha value is -2.48. The van der Waals surface area contributed by atoms with Crippen LogP contribution in [-0.4, -0.2) is 53.9 Å². The Bertz CT molecular complexity index is 606. The van der Waals surface area contributed by atoms with E-state index in [0.29, 0.717) is 24.5 Å². The molecular formula is C19H28N4O3. The first-order valence-corrected chi connectivity index (χ1v) is 8.62. The molecule has 0 saturated carbocycles. The van der Waals surface area contributed by atoms with Crippen LogP contribution < -0.4 is 21.3 Å². The highest BCUT2D eigenvalue weighted by Crippen LogP contribution is 2.27. The molecule has 1 atom stereocenters. The molecule has 0 aliphatic heterocycles. The zero-order valence-electron chi connectivity index (χ0n) is 15.0. The summed E-state index contributed by atoms with van der Waals surface area (Å²) in [5.74, 6) is 0. The smallest absolute Gasteiger partial charge is 0.128 e. The van der Waals surface area contributed by atoms with Gasteiger partial charge in [-0.05, 0) is 55.5 Å². The number of aliphatic hydroxyl groups excluding tert-OH is 3. The summed E-state index contributed by atoms with van der Waals surface area (Å²) in [6.07, 6.45) is -1.26. The van der Waals surface area contributed by atoms with E-state index >= 15 is 0 Å². The van der Waals surface area contributed by atoms with E-state index in [1.807, 2.05) is 34.1 Å². The lowest BCUT2D eigenvalue weighted by molar-refractivity contribution is 0.149. The number of nitrogen functional groups attached to an aromatic ring is 2. The lowest BCUT2D eigenvalue weighted by Gasteiger charge is -2.43. The van der Waals surface area contributed by atoms with Gasteiger partial charge < -0.3 is 36.6 Å². The summed E-state index contributed by atoms with van der Waals surface area (Å²) in [7, 11) is 0. The molecule has 0 aliphatic rings. The fourth-order valence-electron chi connectivity index (χ4n) is 3.06. The maximum Gasteiger partial charge on any atom is 0.128 e. The SMILES string of the molecule is CC(O)C(N(CCO)c1ccc(N)cc1)N(CCO)c1ccc(N)cc1. The van der Waals surface area contributed by atoms with Gasteiger partial charge in [0, 0.05) is 35.8 Å². The molecule has 0 spiro atoms. The number of nitrogens with two attached hydrogens (primary N) is 2. The van der Waals surface area contributed by atoms with Gasteiger partial charge in [0.2, 0.25) is 0 Å². The number of aliphatic hydroxyl groups is 3. The van der Waals surface area contributed by atoms with Crippen molar-refractivity contribution in [2.24, 2.45) is 0 Å². The predicted molar refractivity (Wildman–Crippen MR) is 106 cm³/mol. The maximum absolute atomic E-state index is 10.5. The van der Waals surface area contributed by atoms with Gasteiger partial charge in [0.05, 0.1) is 19.3 Å². The minimum absolute atomic E-state index is 0.0811. The Morgan fingerprint density at radius 3 is 1.38 bits per heavy atom. The second-order valence-corrected chi connectivity index (χ2v) is 6.17. The molecule has 26 heavy (non-hydrogen) atoms. The van der Waals surface area contributed by atoms with Crippen LogP contribution in [0.2, 0.25) is 0 Å². The van der Waals surface area contributed by atoms with E-state index in [1.165, 1.54) is 0 Å². The molecular weight excluding hydrogens is 332 g/mol. The summed E-state index contributed by atoms with van der Waals surface area (Å²) in [5.41, 5.74) is 14.5. The zero-order valence-corrected chi connectivity index (χ0v) is 15.0. The van der Waals surface area contributed by atoms with Crippen molar-refractivity contribution in [1.82, 2.24) is 0 Å². The Labute approximate surface area is 154 Å². The fraction of sp³-hybridized carbons (Fsp3) is 0.368. The topological polar surface area (TPSA) is 119 Å². The predicted octanol–water partition coefficient (Wildman–Crippen LogP) is 0.856. The molecule has 2 aromatic carbocycles. The molecule has 0 fully saturated rings. The molecule has 0 heterocycles. The Morgan fingerprint density at radius 1 is 0.769 bits per heavy atom. The first-order valence-electron chi connectivity index (χ1n) is 8.62. The fourth-order valence-corrected chi connectivity index (χ4v) is 3.06. The van der Waals surface area contributed by atoms with Crippen LogP contribution in [0.1, 0.15) is 6.92 Å². The van der Waals surface area contributed by atoms with Gasteiger partial charge in [-0.15, -0.1) is 0 Å². The van der Waals surface area contributed by atoms with E-state index in [0.717, 1.165) is 11.4 Å². The number of rotatable bonds is 9. The third kappa shape index (κ3) is 4.78. The number of nitrogens with zero attached hydrogens (tertiary/aromatic N) is 2. The summed E-state index contributed by atoms with van der Waals surface area (Å²) >= 11 is 0. The summed E-state index contributed by atoms with van der Waals surface area (Å²) in [4.78, 5) is 3.80. The molecule has 0 bridgehead atoms. The van der Waals surface area contributed by atoms with E-state index < -0.39 is 12.3 Å². The number of anilines is 4. The van der Waals surface area contributed by atoms with E-state index in [4.69, 9.17) is 11.5 Å². The van der Waals surface area contributed by atoms with Crippen LogP contribution >= 0.6 is 0 Å². The van der Waals surface area contributed by atoms with Crippen molar-refractivity contribution in [2.45, 2.75) is 19.2 Å². The highest BCUT2D eigenvalue weighted by Gasteiger charge is 2.29. The van der Waals surface area contributed by atoms with Crippen LogP contribution in [0.15, 0.2) is 48.5 Å². The zero-order chi connectivity index (χ0) is 19.1. The van der Waals surface area contributed by atoms with Crippen molar-refractivity contribution in [3.63, 3.8) is 0 Å². The minimum Gasteiger partial charge on any atom is -0.399 e. The summed E-state index contributed by atoms with van der Waals surface area (Å²) < 4.78 is 0. The van der Waals surface area contributed by atoms with Crippen LogP contribution in [0.25, 0.3) is 0 Å². The molecule has 0 amide bonds. The first kappa shape index (κ1) is 19.8. The quantitative estimate of drug-likeness (QED) is 0.332. The van der Waals surface area contributed by atoms with Gasteiger partial charge in [-0.25, -0.2) is 0 Å². The summed E-state index contributed by atoms with van der Waals surface area (Å²) in [5, 5.41) is 29.7. The second-order valence-electron chi connectivity index (χ2n) is 6.17. The molecule has 7 N–H and O–H groups in total. The van der Waals surface area contributed by atoms with E-state index in [-0.39, 0.29) is 13.2 Å². The van der Waals surface area contributed by atoms with Crippen LogP contribution in [0.5, 0.6) is 0 Å². The molecule has 0 radical (unpaired) electrons. The van der Waals surface area contributed by atoms with Gasteiger partial charge in [0.15, 0.2) is 0 Å². The molecule has 2 aromatic rings. The Morgan fingerprint density at radius 2 is 1.12 bits per heavy atom. The first-order chi connectivity index (χ1) is 12.5. The van der Waals surface area contributed by atoms with E-state index in [2.05, 4.69) is 0 Å². The molecule has 0 saturated heterocycles. The molecule has 0 aliphatic carbocycles. The van der Waals surface area contributed by atoms with Crippen molar-refractivity contribution in [3.8, 4) is 0 Å². The van der Waals surface area contributed by atoms with E-state index in [1.54, 1.807) is 31.2 Å². The van der Waals surface area contributed by atoms with Crippen LogP contribution in [0, 0.1) is 0 Å². The van der Waals surface area contributed by atoms with Gasteiger partial charge in [-0.1, -0.05) is 0 Å². The standard InChI is InChI=1S/C19H28N4O3/c1-14(26)19(22(10-12-24)17-6-2-15(20)3-7-17)23(11-13-25)18-8-4-16(21)5-9-18/h2-9,14,19,24-26H,10-13,20-21H2,1H3. The largest absolute Gasteiger partial charge is 0.399 e.